The van der Waals surface area contributed by atoms with Gasteiger partial charge in [-0.3, -0.25) is 9.59 Å². The number of carbonyl (C=O) groups excluding carboxylic acids is 2. The number of hydrogen-bond donors (Lipinski definition) is 1. The van der Waals surface area contributed by atoms with Gasteiger partial charge in [0, 0.05) is 19.0 Å². The predicted molar refractivity (Wildman–Crippen MR) is 95.3 cm³/mol. The van der Waals surface area contributed by atoms with Crippen LogP contribution in [0, 0.1) is 5.92 Å². The molecular weight excluding hydrogens is 356 g/mol. The van der Waals surface area contributed by atoms with E-state index >= 15 is 0 Å². The molecule has 1 atom stereocenters. The van der Waals surface area contributed by atoms with Gasteiger partial charge >= 0.3 is 0 Å². The summed E-state index contributed by atoms with van der Waals surface area (Å²) >= 11 is 1.27. The Morgan fingerprint density at radius 3 is 2.81 bits per heavy atom. The van der Waals surface area contributed by atoms with Crippen molar-refractivity contribution in [3.8, 4) is 0 Å². The third-order valence-electron chi connectivity index (χ3n) is 4.58. The maximum Gasteiger partial charge on any atom is 0.291 e. The first-order valence-corrected chi connectivity index (χ1v) is 9.49. The first-order chi connectivity index (χ1) is 12.7. The van der Waals surface area contributed by atoms with Gasteiger partial charge in [-0.1, -0.05) is 0 Å². The van der Waals surface area contributed by atoms with Gasteiger partial charge in [0.25, 0.3) is 11.8 Å². The van der Waals surface area contributed by atoms with E-state index in [0.29, 0.717) is 29.6 Å². The van der Waals surface area contributed by atoms with Crippen molar-refractivity contribution in [1.29, 1.82) is 0 Å². The maximum absolute atomic E-state index is 12.8. The largest absolute Gasteiger partial charge is 0.459 e. The zero-order valence-electron chi connectivity index (χ0n) is 14.2. The molecule has 1 N–H and O–H groups in total. The number of ether oxygens (including phenoxy) is 2. The van der Waals surface area contributed by atoms with E-state index in [4.69, 9.17) is 13.9 Å². The van der Waals surface area contributed by atoms with Crippen molar-refractivity contribution in [3.05, 3.63) is 41.2 Å². The summed E-state index contributed by atoms with van der Waals surface area (Å²) in [5.41, 5.74) is 0. The van der Waals surface area contributed by atoms with Crippen molar-refractivity contribution >= 4 is 28.2 Å². The van der Waals surface area contributed by atoms with Gasteiger partial charge in [0.05, 0.1) is 29.4 Å². The molecule has 2 amide bonds. The lowest BCUT2D eigenvalue weighted by Gasteiger charge is -2.34. The Bertz CT molecular complexity index is 766. The van der Waals surface area contributed by atoms with E-state index in [1.165, 1.54) is 17.6 Å². The average Bonchev–Trinajstić information content (AvgIpc) is 3.43. The van der Waals surface area contributed by atoms with E-state index in [0.717, 1.165) is 19.4 Å². The number of amides is 2. The van der Waals surface area contributed by atoms with Crippen molar-refractivity contribution in [1.82, 2.24) is 4.90 Å². The van der Waals surface area contributed by atoms with Crippen LogP contribution in [-0.2, 0) is 9.47 Å². The van der Waals surface area contributed by atoms with Gasteiger partial charge in [0.2, 0.25) is 0 Å². The second-order valence-corrected chi connectivity index (χ2v) is 7.44. The molecule has 8 heteroatoms. The summed E-state index contributed by atoms with van der Waals surface area (Å²) in [7, 11) is 0. The van der Waals surface area contributed by atoms with Gasteiger partial charge in [0.1, 0.15) is 0 Å². The van der Waals surface area contributed by atoms with Crippen LogP contribution < -0.4 is 5.32 Å². The van der Waals surface area contributed by atoms with Crippen LogP contribution in [0.5, 0.6) is 0 Å². The number of anilines is 1. The Balaban J connectivity index is 1.38. The Labute approximate surface area is 154 Å². The number of nitrogens with one attached hydrogen (secondary N) is 1. The van der Waals surface area contributed by atoms with Crippen LogP contribution in [0.3, 0.4) is 0 Å². The van der Waals surface area contributed by atoms with Crippen molar-refractivity contribution in [2.24, 2.45) is 5.92 Å². The number of carbonyl (C=O) groups is 2. The number of piperidine rings is 1. The second-order valence-electron chi connectivity index (χ2n) is 6.36. The minimum absolute atomic E-state index is 0.0174. The fraction of sp³-hybridized carbons (Fsp3) is 0.444. The van der Waals surface area contributed by atoms with Gasteiger partial charge in [-0.15, -0.1) is 11.3 Å². The van der Waals surface area contributed by atoms with Gasteiger partial charge in [-0.25, -0.2) is 0 Å². The van der Waals surface area contributed by atoms with Crippen molar-refractivity contribution in [2.75, 3.05) is 31.6 Å². The smallest absolute Gasteiger partial charge is 0.291 e. The second kappa shape index (κ2) is 7.61. The number of thiophene rings is 1. The van der Waals surface area contributed by atoms with Crippen LogP contribution in [-0.4, -0.2) is 49.3 Å². The molecule has 2 aliphatic rings. The number of hydrogen-bond acceptors (Lipinski definition) is 6. The normalized spacial score (nSPS) is 21.1. The van der Waals surface area contributed by atoms with Crippen LogP contribution in [0.15, 0.2) is 34.9 Å². The van der Waals surface area contributed by atoms with E-state index in [9.17, 15) is 9.59 Å². The highest BCUT2D eigenvalue weighted by Crippen LogP contribution is 2.28. The Hall–Kier alpha value is -2.16. The SMILES string of the molecule is O=C(Nc1ccc(C(=O)N2CCCC(C3OCCO3)C2)s1)c1ccco1. The molecule has 2 aromatic rings. The number of nitrogens with zero attached hydrogens (tertiary/aromatic N) is 1. The molecule has 0 spiro atoms. The lowest BCUT2D eigenvalue weighted by atomic mass is 9.97. The van der Waals surface area contributed by atoms with Crippen LogP contribution in [0.25, 0.3) is 0 Å². The van der Waals surface area contributed by atoms with Crippen molar-refractivity contribution < 1.29 is 23.5 Å². The molecule has 2 aliphatic heterocycles. The van der Waals surface area contributed by atoms with E-state index < -0.39 is 0 Å². The van der Waals surface area contributed by atoms with E-state index in [1.807, 2.05) is 4.90 Å². The Morgan fingerprint density at radius 2 is 2.04 bits per heavy atom. The zero-order valence-corrected chi connectivity index (χ0v) is 15.0. The molecule has 0 bridgehead atoms. The lowest BCUT2D eigenvalue weighted by molar-refractivity contribution is -0.0969. The standard InChI is InChI=1S/C18H20N2O5S/c21-16(13-4-2-8-23-13)19-15-6-5-14(26-15)17(22)20-7-1-3-12(11-20)18-24-9-10-25-18/h2,4-6,8,12,18H,1,3,7,9-11H2,(H,19,21). The summed E-state index contributed by atoms with van der Waals surface area (Å²) in [6.45, 7) is 2.61. The van der Waals surface area contributed by atoms with Gasteiger partial charge < -0.3 is 24.1 Å². The highest BCUT2D eigenvalue weighted by atomic mass is 32.1. The average molecular weight is 376 g/mol. The molecule has 138 valence electrons. The predicted octanol–water partition coefficient (Wildman–Crippen LogP) is 2.82. The first-order valence-electron chi connectivity index (χ1n) is 8.68. The van der Waals surface area contributed by atoms with Gasteiger partial charge in [0.15, 0.2) is 12.1 Å². The Kier molecular flexibility index (Phi) is 5.05. The summed E-state index contributed by atoms with van der Waals surface area (Å²) in [5.74, 6) is 0.107. The number of rotatable bonds is 4. The van der Waals surface area contributed by atoms with Crippen LogP contribution >= 0.6 is 11.3 Å². The third-order valence-corrected chi connectivity index (χ3v) is 5.56. The number of furan rings is 1. The summed E-state index contributed by atoms with van der Waals surface area (Å²) in [6.07, 6.45) is 3.19. The Morgan fingerprint density at radius 1 is 1.19 bits per heavy atom. The monoisotopic (exact) mass is 376 g/mol. The minimum Gasteiger partial charge on any atom is -0.459 e. The summed E-state index contributed by atoms with van der Waals surface area (Å²) in [5, 5.41) is 3.37. The molecule has 2 fully saturated rings. The topological polar surface area (TPSA) is 81.0 Å². The fourth-order valence-corrected chi connectivity index (χ4v) is 4.19. The molecule has 0 aromatic carbocycles. The molecule has 26 heavy (non-hydrogen) atoms. The van der Waals surface area contributed by atoms with E-state index in [1.54, 1.807) is 24.3 Å². The quantitative estimate of drug-likeness (QED) is 0.887. The molecule has 1 unspecified atom stereocenters. The molecule has 2 saturated heterocycles. The zero-order chi connectivity index (χ0) is 17.9. The maximum atomic E-state index is 12.8. The van der Waals surface area contributed by atoms with Gasteiger partial charge in [-0.05, 0) is 37.1 Å². The van der Waals surface area contributed by atoms with E-state index in [2.05, 4.69) is 5.32 Å². The van der Waals surface area contributed by atoms with Crippen LogP contribution in [0.2, 0.25) is 0 Å². The van der Waals surface area contributed by atoms with Crippen LogP contribution in [0.1, 0.15) is 33.1 Å². The summed E-state index contributed by atoms with van der Waals surface area (Å²) < 4.78 is 16.3. The fourth-order valence-electron chi connectivity index (χ4n) is 3.32. The molecule has 0 aliphatic carbocycles. The van der Waals surface area contributed by atoms with Crippen molar-refractivity contribution in [3.63, 3.8) is 0 Å². The highest BCUT2D eigenvalue weighted by molar-refractivity contribution is 7.18. The molecule has 4 rings (SSSR count). The van der Waals surface area contributed by atoms with Crippen LogP contribution in [0.4, 0.5) is 5.00 Å². The molecule has 2 aromatic heterocycles. The first kappa shape index (κ1) is 17.3. The van der Waals surface area contributed by atoms with Gasteiger partial charge in [-0.2, -0.15) is 0 Å². The summed E-state index contributed by atoms with van der Waals surface area (Å²) in [6, 6.07) is 6.74. The third kappa shape index (κ3) is 3.67. The molecule has 4 heterocycles. The minimum atomic E-state index is -0.329. The lowest BCUT2D eigenvalue weighted by Crippen LogP contribution is -2.43. The molecule has 0 radical (unpaired) electrons. The molecule has 0 saturated carbocycles. The van der Waals surface area contributed by atoms with Crippen molar-refractivity contribution in [2.45, 2.75) is 19.1 Å². The molecular formula is C18H20N2O5S. The van der Waals surface area contributed by atoms with E-state index in [-0.39, 0.29) is 29.8 Å². The molecule has 7 nitrogen and oxygen atoms in total. The summed E-state index contributed by atoms with van der Waals surface area (Å²) in [4.78, 5) is 27.3. The number of likely N-dealkylation sites (tertiary alicyclic amines) is 1. The highest BCUT2D eigenvalue weighted by Gasteiger charge is 2.33.